The highest BCUT2D eigenvalue weighted by molar-refractivity contribution is 9.10. The van der Waals surface area contributed by atoms with E-state index >= 15 is 0 Å². The van der Waals surface area contributed by atoms with Gasteiger partial charge in [-0.3, -0.25) is 9.59 Å². The molecule has 0 aromatic heterocycles. The van der Waals surface area contributed by atoms with Gasteiger partial charge in [0.05, 0.1) is 12.3 Å². The summed E-state index contributed by atoms with van der Waals surface area (Å²) in [6.45, 7) is 8.21. The minimum atomic E-state index is -0.516. The lowest BCUT2D eigenvalue weighted by molar-refractivity contribution is -0.143. The minimum absolute atomic E-state index is 0.0456. The van der Waals surface area contributed by atoms with Gasteiger partial charge in [0.1, 0.15) is 11.1 Å². The van der Waals surface area contributed by atoms with Gasteiger partial charge in [0.25, 0.3) is 0 Å². The maximum absolute atomic E-state index is 14.1. The van der Waals surface area contributed by atoms with Crippen molar-refractivity contribution in [3.63, 3.8) is 0 Å². The molecule has 0 heterocycles. The van der Waals surface area contributed by atoms with Crippen molar-refractivity contribution < 1.29 is 18.7 Å². The third-order valence-electron chi connectivity index (χ3n) is 3.61. The minimum Gasteiger partial charge on any atom is -0.465 e. The number of carbonyl (C=O) groups is 2. The average molecular weight is 448 g/mol. The molecule has 1 atom stereocenters. The van der Waals surface area contributed by atoms with E-state index in [-0.39, 0.29) is 23.5 Å². The molecule has 0 bridgehead atoms. The van der Waals surface area contributed by atoms with Gasteiger partial charge >= 0.3 is 5.97 Å². The first-order valence-corrected chi connectivity index (χ1v) is 10.6. The molecular formula is C19H27BrFNO3S. The second kappa shape index (κ2) is 11.6. The van der Waals surface area contributed by atoms with Crippen LogP contribution in [0.1, 0.15) is 53.4 Å². The van der Waals surface area contributed by atoms with Crippen LogP contribution >= 0.6 is 27.7 Å². The van der Waals surface area contributed by atoms with Crippen LogP contribution in [-0.4, -0.2) is 23.7 Å². The maximum Gasteiger partial charge on any atom is 0.319 e. The van der Waals surface area contributed by atoms with E-state index in [2.05, 4.69) is 21.2 Å². The van der Waals surface area contributed by atoms with Crippen LogP contribution in [0.3, 0.4) is 0 Å². The molecule has 0 fully saturated rings. The van der Waals surface area contributed by atoms with E-state index in [1.165, 1.54) is 17.8 Å². The largest absolute Gasteiger partial charge is 0.465 e. The summed E-state index contributed by atoms with van der Waals surface area (Å²) in [6, 6.07) is 2.87. The zero-order chi connectivity index (χ0) is 19.7. The Bertz CT molecular complexity index is 625. The number of hydrogen-bond acceptors (Lipinski definition) is 4. The smallest absolute Gasteiger partial charge is 0.319 e. The standard InChI is InChI=1S/C19H27BrFNO3S/c1-5-7-9-25-19(24)18(12(3)4)26-16-11-15(14(21)10-13(16)20)22-17(23)8-6-2/h10-12,18H,5-9H2,1-4H3,(H,22,23). The fraction of sp³-hybridized carbons (Fsp3) is 0.579. The van der Waals surface area contributed by atoms with E-state index in [0.717, 1.165) is 12.8 Å². The van der Waals surface area contributed by atoms with Gasteiger partial charge in [-0.25, -0.2) is 4.39 Å². The first-order valence-electron chi connectivity index (χ1n) is 8.92. The summed E-state index contributed by atoms with van der Waals surface area (Å²) in [5.74, 6) is -0.975. The van der Waals surface area contributed by atoms with E-state index in [1.54, 1.807) is 6.07 Å². The normalized spacial score (nSPS) is 12.1. The highest BCUT2D eigenvalue weighted by atomic mass is 79.9. The van der Waals surface area contributed by atoms with Crippen LogP contribution < -0.4 is 5.32 Å². The number of esters is 1. The highest BCUT2D eigenvalue weighted by Gasteiger charge is 2.26. The van der Waals surface area contributed by atoms with Crippen molar-refractivity contribution >= 4 is 45.3 Å². The topological polar surface area (TPSA) is 55.4 Å². The fourth-order valence-electron chi connectivity index (χ4n) is 2.15. The summed E-state index contributed by atoms with van der Waals surface area (Å²) in [5, 5.41) is 2.18. The number of nitrogens with one attached hydrogen (secondary N) is 1. The van der Waals surface area contributed by atoms with Gasteiger partial charge in [-0.1, -0.05) is 34.1 Å². The van der Waals surface area contributed by atoms with Crippen molar-refractivity contribution in [1.29, 1.82) is 0 Å². The Morgan fingerprint density at radius 3 is 2.54 bits per heavy atom. The van der Waals surface area contributed by atoms with Gasteiger partial charge in [0.2, 0.25) is 5.91 Å². The fourth-order valence-corrected chi connectivity index (χ4v) is 3.81. The molecule has 0 saturated heterocycles. The monoisotopic (exact) mass is 447 g/mol. The van der Waals surface area contributed by atoms with Crippen molar-refractivity contribution in [2.75, 3.05) is 11.9 Å². The molecule has 1 rings (SSSR count). The van der Waals surface area contributed by atoms with Crippen LogP contribution in [0.4, 0.5) is 10.1 Å². The third-order valence-corrected chi connectivity index (χ3v) is 6.11. The van der Waals surface area contributed by atoms with Crippen LogP contribution in [0.5, 0.6) is 0 Å². The first kappa shape index (κ1) is 23.0. The number of hydrogen-bond donors (Lipinski definition) is 1. The number of rotatable bonds is 10. The molecule has 0 aliphatic rings. The molecular weight excluding hydrogens is 421 g/mol. The van der Waals surface area contributed by atoms with Crippen molar-refractivity contribution in [3.05, 3.63) is 22.4 Å². The average Bonchev–Trinajstić information content (AvgIpc) is 2.56. The molecule has 146 valence electrons. The molecule has 0 saturated carbocycles. The lowest BCUT2D eigenvalue weighted by Crippen LogP contribution is -2.26. The Hall–Kier alpha value is -1.08. The number of benzene rings is 1. The number of ether oxygens (including phenoxy) is 1. The summed E-state index contributed by atoms with van der Waals surface area (Å²) >= 11 is 4.66. The Morgan fingerprint density at radius 1 is 1.27 bits per heavy atom. The predicted molar refractivity (Wildman–Crippen MR) is 108 cm³/mol. The summed E-state index contributed by atoms with van der Waals surface area (Å²) in [6.07, 6.45) is 2.80. The molecule has 0 spiro atoms. The van der Waals surface area contributed by atoms with Crippen molar-refractivity contribution in [2.45, 2.75) is 63.5 Å². The van der Waals surface area contributed by atoms with Crippen molar-refractivity contribution in [2.24, 2.45) is 5.92 Å². The SMILES string of the molecule is CCCCOC(=O)C(Sc1cc(NC(=O)CCC)c(F)cc1Br)C(C)C. The van der Waals surface area contributed by atoms with Crippen LogP contribution in [-0.2, 0) is 14.3 Å². The van der Waals surface area contributed by atoms with Crippen LogP contribution in [0.25, 0.3) is 0 Å². The summed E-state index contributed by atoms with van der Waals surface area (Å²) in [7, 11) is 0. The van der Waals surface area contributed by atoms with E-state index in [1.807, 2.05) is 27.7 Å². The molecule has 1 N–H and O–H groups in total. The second-order valence-corrected chi connectivity index (χ2v) is 8.40. The van der Waals surface area contributed by atoms with Gasteiger partial charge in [-0.05, 0) is 46.8 Å². The highest BCUT2D eigenvalue weighted by Crippen LogP contribution is 2.37. The number of unbranched alkanes of at least 4 members (excludes halogenated alkanes) is 1. The van der Waals surface area contributed by atoms with Crippen molar-refractivity contribution in [1.82, 2.24) is 0 Å². The zero-order valence-electron chi connectivity index (χ0n) is 15.7. The van der Waals surface area contributed by atoms with Gasteiger partial charge in [-0.2, -0.15) is 0 Å². The van der Waals surface area contributed by atoms with Gasteiger partial charge < -0.3 is 10.1 Å². The molecule has 1 unspecified atom stereocenters. The van der Waals surface area contributed by atoms with E-state index < -0.39 is 11.1 Å². The molecule has 0 radical (unpaired) electrons. The van der Waals surface area contributed by atoms with Crippen LogP contribution in [0.15, 0.2) is 21.5 Å². The van der Waals surface area contributed by atoms with Crippen LogP contribution in [0, 0.1) is 11.7 Å². The Morgan fingerprint density at radius 2 is 1.96 bits per heavy atom. The quantitative estimate of drug-likeness (QED) is 0.280. The number of anilines is 1. The molecule has 1 aromatic carbocycles. The van der Waals surface area contributed by atoms with E-state index in [0.29, 0.717) is 28.8 Å². The summed E-state index contributed by atoms with van der Waals surface area (Å²) in [5.41, 5.74) is 0.121. The summed E-state index contributed by atoms with van der Waals surface area (Å²) in [4.78, 5) is 24.8. The molecule has 0 aliphatic carbocycles. The van der Waals surface area contributed by atoms with E-state index in [9.17, 15) is 14.0 Å². The summed E-state index contributed by atoms with van der Waals surface area (Å²) < 4.78 is 20.0. The van der Waals surface area contributed by atoms with Gasteiger partial charge in [0.15, 0.2) is 0 Å². The lowest BCUT2D eigenvalue weighted by Gasteiger charge is -2.20. The Kier molecular flexibility index (Phi) is 10.2. The second-order valence-electron chi connectivity index (χ2n) is 6.36. The molecule has 7 heteroatoms. The predicted octanol–water partition coefficient (Wildman–Crippen LogP) is 5.79. The lowest BCUT2D eigenvalue weighted by atomic mass is 10.1. The number of thioether (sulfide) groups is 1. The zero-order valence-corrected chi connectivity index (χ0v) is 18.1. The first-order chi connectivity index (χ1) is 12.3. The van der Waals surface area contributed by atoms with Gasteiger partial charge in [0, 0.05) is 15.8 Å². The molecule has 4 nitrogen and oxygen atoms in total. The Balaban J connectivity index is 2.97. The molecule has 1 amide bonds. The molecule has 26 heavy (non-hydrogen) atoms. The molecule has 0 aliphatic heterocycles. The maximum atomic E-state index is 14.1. The van der Waals surface area contributed by atoms with Crippen molar-refractivity contribution in [3.8, 4) is 0 Å². The number of amides is 1. The Labute approximate surface area is 167 Å². The van der Waals surface area contributed by atoms with Gasteiger partial charge in [-0.15, -0.1) is 11.8 Å². The molecule has 1 aromatic rings. The van der Waals surface area contributed by atoms with Crippen LogP contribution in [0.2, 0.25) is 0 Å². The third kappa shape index (κ3) is 7.27. The number of halogens is 2. The van der Waals surface area contributed by atoms with E-state index in [4.69, 9.17) is 4.74 Å². The number of carbonyl (C=O) groups excluding carboxylic acids is 2.